The lowest BCUT2D eigenvalue weighted by molar-refractivity contribution is 0.0601. The van der Waals surface area contributed by atoms with Crippen molar-refractivity contribution in [3.63, 3.8) is 0 Å². The number of ether oxygens (including phenoxy) is 3. The van der Waals surface area contributed by atoms with Crippen molar-refractivity contribution in [2.45, 2.75) is 4.90 Å². The second-order valence-electron chi connectivity index (χ2n) is 4.81. The minimum absolute atomic E-state index is 0.0220. The number of esters is 1. The van der Waals surface area contributed by atoms with Crippen LogP contribution in [0.1, 0.15) is 10.4 Å². The molecule has 0 bridgehead atoms. The largest absolute Gasteiger partial charge is 0.465 e. The molecular weight excluding hydrogens is 358 g/mol. The highest BCUT2D eigenvalue weighted by Crippen LogP contribution is 2.34. The summed E-state index contributed by atoms with van der Waals surface area (Å²) < 4.78 is 42.3. The number of carbonyl (C=O) groups is 1. The van der Waals surface area contributed by atoms with E-state index in [0.717, 1.165) is 0 Å². The van der Waals surface area contributed by atoms with Gasteiger partial charge in [-0.05, 0) is 30.3 Å². The first-order valence-corrected chi connectivity index (χ1v) is 8.57. The van der Waals surface area contributed by atoms with Crippen molar-refractivity contribution in [1.29, 1.82) is 0 Å². The van der Waals surface area contributed by atoms with E-state index in [0.29, 0.717) is 11.5 Å². The number of sulfonamides is 1. The van der Waals surface area contributed by atoms with Crippen LogP contribution in [0.3, 0.4) is 0 Å². The molecule has 2 aromatic rings. The molecule has 7 nitrogen and oxygen atoms in total. The lowest BCUT2D eigenvalue weighted by Crippen LogP contribution is -2.14. The molecule has 1 aliphatic rings. The Morgan fingerprint density at radius 1 is 1.17 bits per heavy atom. The number of methoxy groups -OCH3 is 1. The molecule has 24 heavy (non-hydrogen) atoms. The van der Waals surface area contributed by atoms with Crippen molar-refractivity contribution in [2.24, 2.45) is 0 Å². The number of hydrogen-bond donors (Lipinski definition) is 1. The molecule has 0 amide bonds. The van der Waals surface area contributed by atoms with Gasteiger partial charge in [0.25, 0.3) is 10.0 Å². The fourth-order valence-electron chi connectivity index (χ4n) is 2.10. The number of halogens is 1. The summed E-state index contributed by atoms with van der Waals surface area (Å²) in [5.74, 6) is 0.210. The van der Waals surface area contributed by atoms with Crippen LogP contribution in [0.2, 0.25) is 5.02 Å². The number of fused-ring (bicyclic) bond motifs is 1. The Morgan fingerprint density at radius 2 is 1.92 bits per heavy atom. The molecule has 1 aliphatic heterocycles. The van der Waals surface area contributed by atoms with Crippen molar-refractivity contribution in [3.8, 4) is 11.5 Å². The van der Waals surface area contributed by atoms with Crippen LogP contribution in [0.5, 0.6) is 11.5 Å². The lowest BCUT2D eigenvalue weighted by atomic mass is 10.2. The van der Waals surface area contributed by atoms with Gasteiger partial charge in [0.1, 0.15) is 0 Å². The normalized spacial score (nSPS) is 12.8. The Hall–Kier alpha value is -2.45. The fourth-order valence-corrected chi connectivity index (χ4v) is 3.40. The maximum absolute atomic E-state index is 12.5. The third kappa shape index (κ3) is 3.10. The summed E-state index contributed by atoms with van der Waals surface area (Å²) in [4.78, 5) is 11.5. The molecule has 0 atom stereocenters. The summed E-state index contributed by atoms with van der Waals surface area (Å²) in [6.07, 6.45) is 0. The summed E-state index contributed by atoms with van der Waals surface area (Å²) in [6.45, 7) is 0.0409. The van der Waals surface area contributed by atoms with E-state index in [1.807, 2.05) is 0 Å². The summed E-state index contributed by atoms with van der Waals surface area (Å²) in [5.41, 5.74) is 0.238. The Morgan fingerprint density at radius 3 is 2.67 bits per heavy atom. The lowest BCUT2D eigenvalue weighted by Gasteiger charge is -2.11. The third-order valence-corrected chi connectivity index (χ3v) is 4.98. The van der Waals surface area contributed by atoms with Gasteiger partial charge < -0.3 is 14.2 Å². The maximum Gasteiger partial charge on any atom is 0.337 e. The SMILES string of the molecule is COC(=O)c1ccc(Cl)c(NS(=O)(=O)c2ccc3c(c2)OCO3)c1. The molecule has 0 unspecified atom stereocenters. The maximum atomic E-state index is 12.5. The molecule has 0 saturated heterocycles. The van der Waals surface area contributed by atoms with Gasteiger partial charge >= 0.3 is 5.97 Å². The van der Waals surface area contributed by atoms with Gasteiger partial charge in [0, 0.05) is 6.07 Å². The van der Waals surface area contributed by atoms with Crippen molar-refractivity contribution in [1.82, 2.24) is 0 Å². The van der Waals surface area contributed by atoms with Crippen LogP contribution in [0, 0.1) is 0 Å². The third-order valence-electron chi connectivity index (χ3n) is 3.29. The Bertz CT molecular complexity index is 912. The van der Waals surface area contributed by atoms with Crippen molar-refractivity contribution >= 4 is 33.3 Å². The van der Waals surface area contributed by atoms with Gasteiger partial charge in [-0.15, -0.1) is 0 Å². The second kappa shape index (κ2) is 6.21. The van der Waals surface area contributed by atoms with Crippen LogP contribution >= 0.6 is 11.6 Å². The minimum atomic E-state index is -3.93. The zero-order valence-electron chi connectivity index (χ0n) is 12.4. The van der Waals surface area contributed by atoms with Gasteiger partial charge in [0.15, 0.2) is 11.5 Å². The van der Waals surface area contributed by atoms with E-state index < -0.39 is 16.0 Å². The smallest absolute Gasteiger partial charge is 0.337 e. The van der Waals surface area contributed by atoms with E-state index in [9.17, 15) is 13.2 Å². The first-order chi connectivity index (χ1) is 11.4. The second-order valence-corrected chi connectivity index (χ2v) is 6.90. The fraction of sp³-hybridized carbons (Fsp3) is 0.133. The topological polar surface area (TPSA) is 90.9 Å². The number of anilines is 1. The van der Waals surface area contributed by atoms with Gasteiger partial charge in [-0.25, -0.2) is 13.2 Å². The molecule has 0 fully saturated rings. The molecule has 126 valence electrons. The Kier molecular flexibility index (Phi) is 4.25. The van der Waals surface area contributed by atoms with Crippen LogP contribution in [-0.4, -0.2) is 28.3 Å². The van der Waals surface area contributed by atoms with Crippen LogP contribution in [0.4, 0.5) is 5.69 Å². The van der Waals surface area contributed by atoms with Crippen LogP contribution in [0.15, 0.2) is 41.3 Å². The summed E-state index contributed by atoms with van der Waals surface area (Å²) in [6, 6.07) is 8.39. The van der Waals surface area contributed by atoms with Crippen molar-refractivity contribution in [2.75, 3.05) is 18.6 Å². The van der Waals surface area contributed by atoms with E-state index >= 15 is 0 Å². The highest BCUT2D eigenvalue weighted by molar-refractivity contribution is 7.92. The molecule has 0 spiro atoms. The van der Waals surface area contributed by atoms with Gasteiger partial charge in [0.2, 0.25) is 6.79 Å². The molecule has 0 aliphatic carbocycles. The average molecular weight is 370 g/mol. The molecule has 0 aromatic heterocycles. The van der Waals surface area contributed by atoms with Crippen LogP contribution in [0.25, 0.3) is 0 Å². The zero-order valence-corrected chi connectivity index (χ0v) is 14.0. The molecule has 1 heterocycles. The summed E-state index contributed by atoms with van der Waals surface area (Å²) in [7, 11) is -2.70. The highest BCUT2D eigenvalue weighted by atomic mass is 35.5. The molecule has 2 aromatic carbocycles. The first-order valence-electron chi connectivity index (χ1n) is 6.71. The predicted octanol–water partition coefficient (Wildman–Crippen LogP) is 2.66. The Balaban J connectivity index is 1.93. The zero-order chi connectivity index (χ0) is 17.3. The van der Waals surface area contributed by atoms with Gasteiger partial charge in [0.05, 0.1) is 28.3 Å². The molecular formula is C15H12ClNO6S. The van der Waals surface area contributed by atoms with E-state index in [-0.39, 0.29) is 28.0 Å². The average Bonchev–Trinajstić information content (AvgIpc) is 3.03. The van der Waals surface area contributed by atoms with E-state index in [2.05, 4.69) is 9.46 Å². The van der Waals surface area contributed by atoms with Gasteiger partial charge in [-0.1, -0.05) is 11.6 Å². The monoisotopic (exact) mass is 369 g/mol. The number of carbonyl (C=O) groups excluding carboxylic acids is 1. The first kappa shape index (κ1) is 16.4. The Labute approximate surface area is 143 Å². The number of nitrogens with one attached hydrogen (secondary N) is 1. The van der Waals surface area contributed by atoms with E-state index in [4.69, 9.17) is 21.1 Å². The molecule has 1 N–H and O–H groups in total. The number of hydrogen-bond acceptors (Lipinski definition) is 6. The highest BCUT2D eigenvalue weighted by Gasteiger charge is 2.21. The summed E-state index contributed by atoms with van der Waals surface area (Å²) >= 11 is 6.01. The minimum Gasteiger partial charge on any atom is -0.465 e. The van der Waals surface area contributed by atoms with Crippen molar-refractivity contribution in [3.05, 3.63) is 47.0 Å². The summed E-state index contributed by atoms with van der Waals surface area (Å²) in [5, 5.41) is 0.145. The van der Waals surface area contributed by atoms with Crippen molar-refractivity contribution < 1.29 is 27.4 Å². The van der Waals surface area contributed by atoms with E-state index in [1.165, 1.54) is 43.5 Å². The molecule has 0 saturated carbocycles. The standard InChI is InChI=1S/C15H12ClNO6S/c1-21-15(18)9-2-4-11(16)12(6-9)17-24(19,20)10-3-5-13-14(7-10)23-8-22-13/h2-7,17H,8H2,1H3. The molecule has 0 radical (unpaired) electrons. The van der Waals surface area contributed by atoms with Gasteiger partial charge in [-0.3, -0.25) is 4.72 Å². The molecule has 9 heteroatoms. The molecule has 3 rings (SSSR count). The van der Waals surface area contributed by atoms with Crippen LogP contribution < -0.4 is 14.2 Å². The quantitative estimate of drug-likeness (QED) is 0.833. The number of rotatable bonds is 4. The number of benzene rings is 2. The van der Waals surface area contributed by atoms with Crippen LogP contribution in [-0.2, 0) is 14.8 Å². The van der Waals surface area contributed by atoms with E-state index in [1.54, 1.807) is 0 Å². The van der Waals surface area contributed by atoms with Gasteiger partial charge in [-0.2, -0.15) is 0 Å². The predicted molar refractivity (Wildman–Crippen MR) is 86.2 cm³/mol.